The van der Waals surface area contributed by atoms with Crippen LogP contribution in [0.2, 0.25) is 0 Å². The molecule has 0 bridgehead atoms. The monoisotopic (exact) mass is 430 g/mol. The minimum absolute atomic E-state index is 0.0123. The highest BCUT2D eigenvalue weighted by Crippen LogP contribution is 2.29. The van der Waals surface area contributed by atoms with Crippen LogP contribution in [0.5, 0.6) is 11.5 Å². The summed E-state index contributed by atoms with van der Waals surface area (Å²) in [6, 6.07) is 10.2. The summed E-state index contributed by atoms with van der Waals surface area (Å²) in [5.41, 5.74) is 0.915. The molecular formula is C22H26N2O7. The van der Waals surface area contributed by atoms with Crippen LogP contribution in [0.15, 0.2) is 42.6 Å². The summed E-state index contributed by atoms with van der Waals surface area (Å²) >= 11 is 0. The minimum Gasteiger partial charge on any atom is -0.493 e. The van der Waals surface area contributed by atoms with Gasteiger partial charge in [0.2, 0.25) is 6.79 Å². The Morgan fingerprint density at radius 3 is 2.45 bits per heavy atom. The molecule has 0 fully saturated rings. The summed E-state index contributed by atoms with van der Waals surface area (Å²) in [6.45, 7) is 4.09. The summed E-state index contributed by atoms with van der Waals surface area (Å²) in [5, 5.41) is 2.54. The molecule has 0 saturated carbocycles. The van der Waals surface area contributed by atoms with E-state index in [0.29, 0.717) is 6.42 Å². The first-order valence-electron chi connectivity index (χ1n) is 9.66. The van der Waals surface area contributed by atoms with Crippen molar-refractivity contribution in [2.24, 2.45) is 0 Å². The molecule has 0 spiro atoms. The van der Waals surface area contributed by atoms with Crippen molar-refractivity contribution in [1.82, 2.24) is 10.3 Å². The molecule has 0 saturated heterocycles. The van der Waals surface area contributed by atoms with E-state index in [9.17, 15) is 14.4 Å². The minimum atomic E-state index is -0.931. The number of aromatic nitrogens is 1. The molecule has 2 rings (SSSR count). The highest BCUT2D eigenvalue weighted by atomic mass is 16.7. The van der Waals surface area contributed by atoms with E-state index in [1.54, 1.807) is 6.92 Å². The lowest BCUT2D eigenvalue weighted by atomic mass is 10.1. The smallest absolute Gasteiger partial charge is 0.328 e. The van der Waals surface area contributed by atoms with Crippen molar-refractivity contribution >= 4 is 17.8 Å². The SMILES string of the molecule is COc1ccnc(C(=O)N[C@@H](C)C(=O)O[C@@H](C)Cc2ccccc2)c1OCOC(C)=O. The van der Waals surface area contributed by atoms with Crippen molar-refractivity contribution in [3.05, 3.63) is 53.9 Å². The van der Waals surface area contributed by atoms with Gasteiger partial charge in [-0.1, -0.05) is 30.3 Å². The zero-order valence-corrected chi connectivity index (χ0v) is 17.9. The van der Waals surface area contributed by atoms with Crippen LogP contribution in [0.25, 0.3) is 0 Å². The second-order valence-corrected chi connectivity index (χ2v) is 6.72. The van der Waals surface area contributed by atoms with Gasteiger partial charge >= 0.3 is 11.9 Å². The van der Waals surface area contributed by atoms with Crippen molar-refractivity contribution < 1.29 is 33.3 Å². The number of benzene rings is 1. The predicted molar refractivity (Wildman–Crippen MR) is 111 cm³/mol. The summed E-state index contributed by atoms with van der Waals surface area (Å²) in [6.07, 6.45) is 1.54. The number of methoxy groups -OCH3 is 1. The van der Waals surface area contributed by atoms with Crippen molar-refractivity contribution in [2.75, 3.05) is 13.9 Å². The standard InChI is InChI=1S/C22H26N2O7/c1-14(12-17-8-6-5-7-9-17)31-22(27)15(2)24-21(26)19-20(30-13-29-16(3)25)18(28-4)10-11-23-19/h5-11,14-15H,12-13H2,1-4H3,(H,24,26)/t14-,15-/m0/s1. The molecule has 166 valence electrons. The Morgan fingerprint density at radius 1 is 1.10 bits per heavy atom. The number of nitrogens with zero attached hydrogens (tertiary/aromatic N) is 1. The van der Waals surface area contributed by atoms with Crippen LogP contribution < -0.4 is 14.8 Å². The quantitative estimate of drug-likeness (QED) is 0.451. The average Bonchev–Trinajstić information content (AvgIpc) is 2.73. The first kappa shape index (κ1) is 23.7. The lowest BCUT2D eigenvalue weighted by Crippen LogP contribution is -2.41. The number of carbonyl (C=O) groups excluding carboxylic acids is 3. The molecule has 31 heavy (non-hydrogen) atoms. The number of carbonyl (C=O) groups is 3. The van der Waals surface area contributed by atoms with Crippen molar-refractivity contribution in [3.8, 4) is 11.5 Å². The molecule has 1 heterocycles. The number of hydrogen-bond acceptors (Lipinski definition) is 8. The fraction of sp³-hybridized carbons (Fsp3) is 0.364. The molecule has 0 radical (unpaired) electrons. The van der Waals surface area contributed by atoms with Gasteiger partial charge in [-0.05, 0) is 19.4 Å². The highest BCUT2D eigenvalue weighted by molar-refractivity contribution is 5.98. The second kappa shape index (κ2) is 11.5. The Morgan fingerprint density at radius 2 is 1.81 bits per heavy atom. The van der Waals surface area contributed by atoms with Gasteiger partial charge in [-0.2, -0.15) is 0 Å². The maximum Gasteiger partial charge on any atom is 0.328 e. The van der Waals surface area contributed by atoms with Crippen LogP contribution in [0.1, 0.15) is 36.8 Å². The number of esters is 2. The summed E-state index contributed by atoms with van der Waals surface area (Å²) in [7, 11) is 1.39. The third kappa shape index (κ3) is 7.29. The van der Waals surface area contributed by atoms with Crippen LogP contribution in [0, 0.1) is 0 Å². The third-order valence-corrected chi connectivity index (χ3v) is 4.15. The molecule has 9 heteroatoms. The maximum absolute atomic E-state index is 12.7. The molecule has 0 aliphatic carbocycles. The van der Waals surface area contributed by atoms with Crippen LogP contribution in [0.3, 0.4) is 0 Å². The largest absolute Gasteiger partial charge is 0.493 e. The summed E-state index contributed by atoms with van der Waals surface area (Å²) < 4.78 is 20.7. The van der Waals surface area contributed by atoms with E-state index >= 15 is 0 Å². The lowest BCUT2D eigenvalue weighted by Gasteiger charge is -2.19. The average molecular weight is 430 g/mol. The van der Waals surface area contributed by atoms with E-state index in [-0.39, 0.29) is 23.3 Å². The lowest BCUT2D eigenvalue weighted by molar-refractivity contribution is -0.150. The van der Waals surface area contributed by atoms with Gasteiger partial charge in [0.1, 0.15) is 12.1 Å². The Kier molecular flexibility index (Phi) is 8.80. The van der Waals surface area contributed by atoms with E-state index in [2.05, 4.69) is 10.3 Å². The number of rotatable bonds is 10. The molecule has 1 aromatic heterocycles. The predicted octanol–water partition coefficient (Wildman–Crippen LogP) is 2.28. The Balaban J connectivity index is 2.01. The molecule has 0 aliphatic heterocycles. The second-order valence-electron chi connectivity index (χ2n) is 6.72. The Hall–Kier alpha value is -3.62. The Labute approximate surface area is 180 Å². The first-order chi connectivity index (χ1) is 14.8. The normalized spacial score (nSPS) is 12.3. The number of ether oxygens (including phenoxy) is 4. The molecule has 1 amide bonds. The highest BCUT2D eigenvalue weighted by Gasteiger charge is 2.25. The van der Waals surface area contributed by atoms with E-state index in [4.69, 9.17) is 18.9 Å². The van der Waals surface area contributed by atoms with E-state index in [0.717, 1.165) is 5.56 Å². The maximum atomic E-state index is 12.7. The van der Waals surface area contributed by atoms with Gasteiger partial charge < -0.3 is 24.3 Å². The third-order valence-electron chi connectivity index (χ3n) is 4.15. The zero-order chi connectivity index (χ0) is 22.8. The van der Waals surface area contributed by atoms with Crippen LogP contribution in [-0.2, 0) is 25.5 Å². The van der Waals surface area contributed by atoms with Gasteiger partial charge in [0, 0.05) is 25.6 Å². The van der Waals surface area contributed by atoms with Gasteiger partial charge in [-0.15, -0.1) is 0 Å². The van der Waals surface area contributed by atoms with E-state index in [1.165, 1.54) is 33.2 Å². The Bertz CT molecular complexity index is 902. The van der Waals surface area contributed by atoms with Crippen molar-refractivity contribution in [2.45, 2.75) is 39.3 Å². The van der Waals surface area contributed by atoms with Gasteiger partial charge in [0.15, 0.2) is 17.2 Å². The van der Waals surface area contributed by atoms with Gasteiger partial charge in [-0.25, -0.2) is 9.78 Å². The number of amides is 1. The summed E-state index contributed by atoms with van der Waals surface area (Å²) in [4.78, 5) is 40.0. The van der Waals surface area contributed by atoms with Crippen molar-refractivity contribution in [3.63, 3.8) is 0 Å². The molecule has 1 aromatic carbocycles. The van der Waals surface area contributed by atoms with E-state index < -0.39 is 30.7 Å². The molecular weight excluding hydrogens is 404 g/mol. The fourth-order valence-electron chi connectivity index (χ4n) is 2.68. The summed E-state index contributed by atoms with van der Waals surface area (Å²) in [5.74, 6) is -1.59. The van der Waals surface area contributed by atoms with Crippen molar-refractivity contribution in [1.29, 1.82) is 0 Å². The first-order valence-corrected chi connectivity index (χ1v) is 9.66. The zero-order valence-electron chi connectivity index (χ0n) is 17.9. The molecule has 2 atom stereocenters. The van der Waals surface area contributed by atoms with Crippen LogP contribution in [0.4, 0.5) is 0 Å². The van der Waals surface area contributed by atoms with Crippen LogP contribution in [-0.4, -0.2) is 48.9 Å². The number of pyridine rings is 1. The molecule has 1 N–H and O–H groups in total. The molecule has 0 unspecified atom stereocenters. The van der Waals surface area contributed by atoms with Gasteiger partial charge in [-0.3, -0.25) is 9.59 Å². The molecule has 2 aromatic rings. The fourth-order valence-corrected chi connectivity index (χ4v) is 2.68. The number of nitrogens with one attached hydrogen (secondary N) is 1. The molecule has 9 nitrogen and oxygen atoms in total. The topological polar surface area (TPSA) is 113 Å². The van der Waals surface area contributed by atoms with Gasteiger partial charge in [0.05, 0.1) is 7.11 Å². The van der Waals surface area contributed by atoms with Crippen LogP contribution >= 0.6 is 0 Å². The number of hydrogen-bond donors (Lipinski definition) is 1. The van der Waals surface area contributed by atoms with E-state index in [1.807, 2.05) is 30.3 Å². The van der Waals surface area contributed by atoms with Gasteiger partial charge in [0.25, 0.3) is 5.91 Å². The molecule has 0 aliphatic rings.